The number of benzene rings is 1. The third-order valence-corrected chi connectivity index (χ3v) is 4.92. The molecule has 1 fully saturated rings. The highest BCUT2D eigenvalue weighted by atomic mass is 15.1. The Morgan fingerprint density at radius 1 is 1.29 bits per heavy atom. The molecule has 0 spiro atoms. The van der Waals surface area contributed by atoms with Crippen molar-refractivity contribution >= 4 is 11.0 Å². The fraction of sp³-hybridized carbons (Fsp3) is 0.611. The van der Waals surface area contributed by atoms with Gasteiger partial charge in [0.15, 0.2) is 0 Å². The van der Waals surface area contributed by atoms with Crippen LogP contribution in [-0.2, 0) is 6.54 Å². The zero-order valence-electron chi connectivity index (χ0n) is 13.7. The standard InChI is InChI=1S/C18H27N3/c1-13-11-18(3,4)12-16(13)19-9-10-21-14(2)20-15-7-5-6-8-17(15)21/h5-8,13,16,19H,9-12H2,1-4H3. The topological polar surface area (TPSA) is 29.9 Å². The minimum absolute atomic E-state index is 0.495. The molecular weight excluding hydrogens is 258 g/mol. The molecule has 3 rings (SSSR count). The van der Waals surface area contributed by atoms with Crippen molar-refractivity contribution in [3.05, 3.63) is 30.1 Å². The lowest BCUT2D eigenvalue weighted by molar-refractivity contribution is 0.361. The van der Waals surface area contributed by atoms with Crippen LogP contribution >= 0.6 is 0 Å². The van der Waals surface area contributed by atoms with Crippen molar-refractivity contribution in [2.75, 3.05) is 6.54 Å². The lowest BCUT2D eigenvalue weighted by atomic mass is 9.91. The molecule has 1 aliphatic carbocycles. The van der Waals surface area contributed by atoms with E-state index in [0.29, 0.717) is 11.5 Å². The SMILES string of the molecule is Cc1nc2ccccc2n1CCNC1CC(C)(C)CC1C. The number of rotatable bonds is 4. The molecule has 0 radical (unpaired) electrons. The van der Waals surface area contributed by atoms with Crippen LogP contribution in [0.4, 0.5) is 0 Å². The predicted octanol–water partition coefficient (Wildman–Crippen LogP) is 3.76. The van der Waals surface area contributed by atoms with Gasteiger partial charge < -0.3 is 9.88 Å². The summed E-state index contributed by atoms with van der Waals surface area (Å²) in [4.78, 5) is 4.64. The summed E-state index contributed by atoms with van der Waals surface area (Å²) in [5.74, 6) is 1.89. The van der Waals surface area contributed by atoms with Gasteiger partial charge in [-0.2, -0.15) is 0 Å². The maximum atomic E-state index is 4.64. The van der Waals surface area contributed by atoms with Crippen molar-refractivity contribution in [2.45, 2.75) is 53.1 Å². The molecule has 2 atom stereocenters. The minimum atomic E-state index is 0.495. The summed E-state index contributed by atoms with van der Waals surface area (Å²) in [6.07, 6.45) is 2.62. The van der Waals surface area contributed by atoms with Gasteiger partial charge in [0.2, 0.25) is 0 Å². The average Bonchev–Trinajstić information content (AvgIpc) is 2.86. The van der Waals surface area contributed by atoms with Gasteiger partial charge in [-0.25, -0.2) is 4.98 Å². The van der Waals surface area contributed by atoms with Crippen LogP contribution in [0.15, 0.2) is 24.3 Å². The van der Waals surface area contributed by atoms with Gasteiger partial charge in [0, 0.05) is 19.1 Å². The van der Waals surface area contributed by atoms with Crippen molar-refractivity contribution < 1.29 is 0 Å². The Kier molecular flexibility index (Phi) is 3.78. The van der Waals surface area contributed by atoms with Crippen LogP contribution in [0.5, 0.6) is 0 Å². The first-order chi connectivity index (χ1) is 9.96. The second-order valence-electron chi connectivity index (χ2n) is 7.41. The van der Waals surface area contributed by atoms with Gasteiger partial charge in [-0.3, -0.25) is 0 Å². The number of hydrogen-bond donors (Lipinski definition) is 1. The van der Waals surface area contributed by atoms with Crippen LogP contribution in [0.2, 0.25) is 0 Å². The number of nitrogens with zero attached hydrogens (tertiary/aromatic N) is 2. The molecule has 21 heavy (non-hydrogen) atoms. The molecule has 0 aliphatic heterocycles. The van der Waals surface area contributed by atoms with E-state index in [2.05, 4.69) is 66.8 Å². The zero-order valence-corrected chi connectivity index (χ0v) is 13.7. The summed E-state index contributed by atoms with van der Waals surface area (Å²) in [7, 11) is 0. The molecular formula is C18H27N3. The van der Waals surface area contributed by atoms with Gasteiger partial charge in [-0.1, -0.05) is 32.9 Å². The average molecular weight is 285 g/mol. The van der Waals surface area contributed by atoms with Crippen molar-refractivity contribution in [1.82, 2.24) is 14.9 Å². The van der Waals surface area contributed by atoms with Gasteiger partial charge >= 0.3 is 0 Å². The van der Waals surface area contributed by atoms with Crippen LogP contribution in [0.3, 0.4) is 0 Å². The smallest absolute Gasteiger partial charge is 0.106 e. The Balaban J connectivity index is 1.64. The van der Waals surface area contributed by atoms with Crippen molar-refractivity contribution in [3.63, 3.8) is 0 Å². The zero-order chi connectivity index (χ0) is 15.0. The predicted molar refractivity (Wildman–Crippen MR) is 88.4 cm³/mol. The van der Waals surface area contributed by atoms with Gasteiger partial charge in [0.1, 0.15) is 5.82 Å². The highest BCUT2D eigenvalue weighted by Gasteiger charge is 2.36. The van der Waals surface area contributed by atoms with E-state index in [9.17, 15) is 0 Å². The quantitative estimate of drug-likeness (QED) is 0.927. The molecule has 1 heterocycles. The van der Waals surface area contributed by atoms with E-state index in [4.69, 9.17) is 0 Å². The number of imidazole rings is 1. The monoisotopic (exact) mass is 285 g/mol. The number of nitrogens with one attached hydrogen (secondary N) is 1. The molecule has 2 aromatic rings. The Morgan fingerprint density at radius 3 is 2.76 bits per heavy atom. The number of aromatic nitrogens is 2. The maximum Gasteiger partial charge on any atom is 0.106 e. The molecule has 3 nitrogen and oxygen atoms in total. The van der Waals surface area contributed by atoms with E-state index < -0.39 is 0 Å². The fourth-order valence-corrected chi connectivity index (χ4v) is 4.01. The Bertz CT molecular complexity index is 626. The lowest BCUT2D eigenvalue weighted by Gasteiger charge is -2.19. The molecule has 1 aliphatic rings. The number of fused-ring (bicyclic) bond motifs is 1. The van der Waals surface area contributed by atoms with Crippen molar-refractivity contribution in [1.29, 1.82) is 0 Å². The van der Waals surface area contributed by atoms with E-state index in [-0.39, 0.29) is 0 Å². The first-order valence-corrected chi connectivity index (χ1v) is 8.11. The van der Waals surface area contributed by atoms with Crippen LogP contribution in [0, 0.1) is 18.3 Å². The molecule has 2 unspecified atom stereocenters. The lowest BCUT2D eigenvalue weighted by Crippen LogP contribution is -2.34. The van der Waals surface area contributed by atoms with Crippen LogP contribution in [0.1, 0.15) is 39.4 Å². The first-order valence-electron chi connectivity index (χ1n) is 8.11. The summed E-state index contributed by atoms with van der Waals surface area (Å²) in [6, 6.07) is 9.06. The summed E-state index contributed by atoms with van der Waals surface area (Å²) >= 11 is 0. The Labute approximate surface area is 127 Å². The highest BCUT2D eigenvalue weighted by Crippen LogP contribution is 2.40. The van der Waals surface area contributed by atoms with Crippen LogP contribution in [-0.4, -0.2) is 22.1 Å². The molecule has 114 valence electrons. The minimum Gasteiger partial charge on any atom is -0.327 e. The van der Waals surface area contributed by atoms with E-state index in [0.717, 1.165) is 30.3 Å². The molecule has 0 bridgehead atoms. The molecule has 0 amide bonds. The number of para-hydroxylation sites is 2. The first kappa shape index (κ1) is 14.6. The second-order valence-corrected chi connectivity index (χ2v) is 7.41. The largest absolute Gasteiger partial charge is 0.327 e. The van der Waals surface area contributed by atoms with Gasteiger partial charge in [0.25, 0.3) is 0 Å². The van der Waals surface area contributed by atoms with Gasteiger partial charge in [0.05, 0.1) is 11.0 Å². The maximum absolute atomic E-state index is 4.64. The Hall–Kier alpha value is -1.35. The fourth-order valence-electron chi connectivity index (χ4n) is 4.01. The molecule has 1 N–H and O–H groups in total. The normalized spacial score (nSPS) is 24.8. The third kappa shape index (κ3) is 2.98. The van der Waals surface area contributed by atoms with Crippen LogP contribution < -0.4 is 5.32 Å². The van der Waals surface area contributed by atoms with E-state index in [1.165, 1.54) is 18.4 Å². The molecule has 0 saturated heterocycles. The summed E-state index contributed by atoms with van der Waals surface area (Å²) in [5.41, 5.74) is 2.84. The van der Waals surface area contributed by atoms with Gasteiger partial charge in [-0.15, -0.1) is 0 Å². The summed E-state index contributed by atoms with van der Waals surface area (Å²) in [6.45, 7) is 11.3. The highest BCUT2D eigenvalue weighted by molar-refractivity contribution is 5.75. The molecule has 1 aromatic heterocycles. The second kappa shape index (κ2) is 5.45. The van der Waals surface area contributed by atoms with Gasteiger partial charge in [-0.05, 0) is 43.2 Å². The van der Waals surface area contributed by atoms with E-state index >= 15 is 0 Å². The summed E-state index contributed by atoms with van der Waals surface area (Å²) in [5, 5.41) is 3.77. The molecule has 1 saturated carbocycles. The van der Waals surface area contributed by atoms with E-state index in [1.807, 2.05) is 0 Å². The Morgan fingerprint density at radius 2 is 2.05 bits per heavy atom. The number of hydrogen-bond acceptors (Lipinski definition) is 2. The van der Waals surface area contributed by atoms with Crippen molar-refractivity contribution in [3.8, 4) is 0 Å². The van der Waals surface area contributed by atoms with Crippen LogP contribution in [0.25, 0.3) is 11.0 Å². The summed E-state index contributed by atoms with van der Waals surface area (Å²) < 4.78 is 2.33. The van der Waals surface area contributed by atoms with E-state index in [1.54, 1.807) is 0 Å². The molecule has 3 heteroatoms. The number of aryl methyl sites for hydroxylation is 1. The van der Waals surface area contributed by atoms with Crippen molar-refractivity contribution in [2.24, 2.45) is 11.3 Å². The third-order valence-electron chi connectivity index (χ3n) is 4.92. The molecule has 1 aromatic carbocycles.